The Balaban J connectivity index is 3.38. The molecule has 0 rings (SSSR count). The van der Waals surface area contributed by atoms with Crippen LogP contribution in [0.15, 0.2) is 0 Å². The molecule has 0 aliphatic carbocycles. The van der Waals surface area contributed by atoms with Gasteiger partial charge in [-0.25, -0.2) is 4.79 Å². The van der Waals surface area contributed by atoms with Crippen LogP contribution >= 0.6 is 0 Å². The normalized spacial score (nSPS) is 11.1. The van der Waals surface area contributed by atoms with Crippen molar-refractivity contribution in [3.63, 3.8) is 0 Å². The van der Waals surface area contributed by atoms with Gasteiger partial charge in [0, 0.05) is 7.11 Å². The maximum Gasteiger partial charge on any atom is 0.431 e. The lowest BCUT2D eigenvalue weighted by Gasteiger charge is -2.08. The highest BCUT2D eigenvalue weighted by Crippen LogP contribution is 2.14. The minimum Gasteiger partial charge on any atom is -0.438 e. The van der Waals surface area contributed by atoms with Crippen LogP contribution in [0.3, 0.4) is 0 Å². The average Bonchev–Trinajstić information content (AvgIpc) is 2.08. The van der Waals surface area contributed by atoms with Crippen LogP contribution in [0.25, 0.3) is 0 Å². The van der Waals surface area contributed by atoms with Gasteiger partial charge in [-0.1, -0.05) is 0 Å². The molecule has 5 nitrogen and oxygen atoms in total. The van der Waals surface area contributed by atoms with Crippen LogP contribution < -0.4 is 5.48 Å². The van der Waals surface area contributed by atoms with Crippen LogP contribution in [0, 0.1) is 0 Å². The monoisotopic (exact) mass is 217 g/mol. The van der Waals surface area contributed by atoms with Crippen molar-refractivity contribution in [2.24, 2.45) is 0 Å². The summed E-state index contributed by atoms with van der Waals surface area (Å²) in [6, 6.07) is 0. The van der Waals surface area contributed by atoms with Crippen molar-refractivity contribution in [3.8, 4) is 0 Å². The number of nitrogens with one attached hydrogen (secondary N) is 1. The molecule has 0 atom stereocenters. The van der Waals surface area contributed by atoms with Gasteiger partial charge in [0.1, 0.15) is 0 Å². The summed E-state index contributed by atoms with van der Waals surface area (Å²) in [5, 5.41) is 0. The van der Waals surface area contributed by atoms with Crippen molar-refractivity contribution in [1.82, 2.24) is 5.48 Å². The zero-order valence-electron chi connectivity index (χ0n) is 7.39. The third kappa shape index (κ3) is 9.07. The van der Waals surface area contributed by atoms with Gasteiger partial charge in [-0.05, 0) is 0 Å². The Bertz CT molecular complexity index is 173. The maximum absolute atomic E-state index is 11.5. The van der Waals surface area contributed by atoms with Crippen LogP contribution in [0.2, 0.25) is 0 Å². The molecule has 0 spiro atoms. The SMILES string of the molecule is COCCONC(=O)OCC(F)(F)F. The van der Waals surface area contributed by atoms with Gasteiger partial charge in [-0.15, -0.1) is 0 Å². The Kier molecular flexibility index (Phi) is 5.97. The van der Waals surface area contributed by atoms with Crippen molar-refractivity contribution in [3.05, 3.63) is 0 Å². The van der Waals surface area contributed by atoms with Crippen molar-refractivity contribution in [1.29, 1.82) is 0 Å². The number of amides is 1. The molecule has 0 aromatic rings. The Morgan fingerprint density at radius 1 is 1.36 bits per heavy atom. The summed E-state index contributed by atoms with van der Waals surface area (Å²) >= 11 is 0. The highest BCUT2D eigenvalue weighted by atomic mass is 19.4. The highest BCUT2D eigenvalue weighted by Gasteiger charge is 2.29. The van der Waals surface area contributed by atoms with E-state index in [2.05, 4.69) is 14.3 Å². The van der Waals surface area contributed by atoms with Crippen molar-refractivity contribution in [2.75, 3.05) is 26.9 Å². The number of carbonyl (C=O) groups excluding carboxylic acids is 1. The number of ether oxygens (including phenoxy) is 2. The maximum atomic E-state index is 11.5. The minimum atomic E-state index is -4.54. The van der Waals surface area contributed by atoms with Gasteiger partial charge in [-0.3, -0.25) is 4.84 Å². The second-order valence-corrected chi connectivity index (χ2v) is 2.13. The smallest absolute Gasteiger partial charge is 0.431 e. The van der Waals surface area contributed by atoms with Crippen LogP contribution in [-0.2, 0) is 14.3 Å². The number of halogens is 3. The highest BCUT2D eigenvalue weighted by molar-refractivity contribution is 5.65. The van der Waals surface area contributed by atoms with E-state index in [9.17, 15) is 18.0 Å². The fourth-order valence-corrected chi connectivity index (χ4v) is 0.412. The van der Waals surface area contributed by atoms with Crippen molar-refractivity contribution >= 4 is 6.09 Å². The zero-order valence-corrected chi connectivity index (χ0v) is 7.39. The number of methoxy groups -OCH3 is 1. The van der Waals surface area contributed by atoms with E-state index in [4.69, 9.17) is 0 Å². The average molecular weight is 217 g/mol. The first-order chi connectivity index (χ1) is 6.45. The van der Waals surface area contributed by atoms with Gasteiger partial charge in [0.25, 0.3) is 0 Å². The molecule has 8 heteroatoms. The molecule has 0 radical (unpaired) electrons. The third-order valence-corrected chi connectivity index (χ3v) is 0.912. The molecule has 0 unspecified atom stereocenters. The van der Waals surface area contributed by atoms with Crippen molar-refractivity contribution in [2.45, 2.75) is 6.18 Å². The second kappa shape index (κ2) is 6.44. The molecular formula is C6H10F3NO4. The summed E-state index contributed by atoms with van der Waals surface area (Å²) < 4.78 is 42.8. The Hall–Kier alpha value is -1.02. The van der Waals surface area contributed by atoms with Gasteiger partial charge >= 0.3 is 12.3 Å². The quantitative estimate of drug-likeness (QED) is 0.548. The summed E-state index contributed by atoms with van der Waals surface area (Å²) in [4.78, 5) is 14.8. The van der Waals surface area contributed by atoms with Crippen LogP contribution in [0.1, 0.15) is 0 Å². The molecule has 0 saturated heterocycles. The Morgan fingerprint density at radius 2 is 2.00 bits per heavy atom. The lowest BCUT2D eigenvalue weighted by molar-refractivity contribution is -0.162. The van der Waals surface area contributed by atoms with E-state index < -0.39 is 18.9 Å². The topological polar surface area (TPSA) is 56.8 Å². The van der Waals surface area contributed by atoms with E-state index in [1.807, 2.05) is 0 Å². The first-order valence-corrected chi connectivity index (χ1v) is 3.56. The minimum absolute atomic E-state index is 0.0254. The fourth-order valence-electron chi connectivity index (χ4n) is 0.412. The second-order valence-electron chi connectivity index (χ2n) is 2.13. The summed E-state index contributed by atoms with van der Waals surface area (Å²) in [5.41, 5.74) is 1.65. The summed E-state index contributed by atoms with van der Waals surface area (Å²) in [6.07, 6.45) is -5.83. The van der Waals surface area contributed by atoms with E-state index in [1.54, 1.807) is 5.48 Å². The molecule has 0 fully saturated rings. The predicted octanol–water partition coefficient (Wildman–Crippen LogP) is 0.853. The lowest BCUT2D eigenvalue weighted by Crippen LogP contribution is -2.30. The molecule has 0 aromatic heterocycles. The Morgan fingerprint density at radius 3 is 2.50 bits per heavy atom. The number of hydrogen-bond acceptors (Lipinski definition) is 4. The van der Waals surface area contributed by atoms with Gasteiger partial charge in [0.15, 0.2) is 6.61 Å². The van der Waals surface area contributed by atoms with Crippen LogP contribution in [-0.4, -0.2) is 39.2 Å². The molecule has 1 amide bonds. The number of hydroxylamine groups is 1. The molecule has 0 saturated carbocycles. The van der Waals surface area contributed by atoms with E-state index in [0.29, 0.717) is 0 Å². The molecule has 1 N–H and O–H groups in total. The summed E-state index contributed by atoms with van der Waals surface area (Å²) in [6.45, 7) is -1.41. The molecule has 14 heavy (non-hydrogen) atoms. The van der Waals surface area contributed by atoms with E-state index >= 15 is 0 Å². The fraction of sp³-hybridized carbons (Fsp3) is 0.833. The number of carbonyl (C=O) groups is 1. The van der Waals surface area contributed by atoms with E-state index in [1.165, 1.54) is 7.11 Å². The summed E-state index contributed by atoms with van der Waals surface area (Å²) in [7, 11) is 1.41. The van der Waals surface area contributed by atoms with Gasteiger partial charge < -0.3 is 9.47 Å². The Labute approximate surface area is 78.1 Å². The number of alkyl halides is 3. The number of rotatable bonds is 5. The van der Waals surface area contributed by atoms with Gasteiger partial charge in [0.05, 0.1) is 13.2 Å². The largest absolute Gasteiger partial charge is 0.438 e. The summed E-state index contributed by atoms with van der Waals surface area (Å²) in [5.74, 6) is 0. The lowest BCUT2D eigenvalue weighted by atomic mass is 10.7. The molecule has 0 aliphatic rings. The number of hydrogen-bond donors (Lipinski definition) is 1. The molecular weight excluding hydrogens is 207 g/mol. The van der Waals surface area contributed by atoms with Gasteiger partial charge in [0.2, 0.25) is 0 Å². The van der Waals surface area contributed by atoms with Crippen LogP contribution in [0.5, 0.6) is 0 Å². The van der Waals surface area contributed by atoms with Crippen LogP contribution in [0.4, 0.5) is 18.0 Å². The molecule has 0 heterocycles. The first-order valence-electron chi connectivity index (χ1n) is 3.56. The molecule has 0 bridgehead atoms. The predicted molar refractivity (Wildman–Crippen MR) is 38.4 cm³/mol. The first kappa shape index (κ1) is 13.0. The zero-order chi connectivity index (χ0) is 11.0. The van der Waals surface area contributed by atoms with Gasteiger partial charge in [-0.2, -0.15) is 18.7 Å². The molecule has 84 valence electrons. The molecule has 0 aromatic carbocycles. The van der Waals surface area contributed by atoms with E-state index in [-0.39, 0.29) is 13.2 Å². The standard InChI is InChI=1S/C6H10F3NO4/c1-12-2-3-14-10-5(11)13-4-6(7,8)9/h2-4H2,1H3,(H,10,11). The third-order valence-electron chi connectivity index (χ3n) is 0.912. The van der Waals surface area contributed by atoms with Crippen molar-refractivity contribution < 1.29 is 32.3 Å². The van der Waals surface area contributed by atoms with E-state index in [0.717, 1.165) is 0 Å². The molecule has 0 aliphatic heterocycles.